The topological polar surface area (TPSA) is 74.3 Å². The molecular formula is C12H11N3O3S. The molecule has 1 atom stereocenters. The summed E-state index contributed by atoms with van der Waals surface area (Å²) in [4.78, 5) is 20.5. The Bertz CT molecular complexity index is 549. The second kappa shape index (κ2) is 5.70. The monoisotopic (exact) mass is 277 g/mol. The van der Waals surface area contributed by atoms with Gasteiger partial charge in [0.25, 0.3) is 0 Å². The zero-order valence-corrected chi connectivity index (χ0v) is 10.7. The number of thiol groups is 1. The molecule has 0 aliphatic rings. The van der Waals surface area contributed by atoms with E-state index in [-0.39, 0.29) is 11.6 Å². The number of hydroxylamine groups is 2. The minimum atomic E-state index is -1.52. The van der Waals surface area contributed by atoms with Crippen LogP contribution in [0.1, 0.15) is 0 Å². The van der Waals surface area contributed by atoms with Gasteiger partial charge in [0.2, 0.25) is 5.88 Å². The van der Waals surface area contributed by atoms with Gasteiger partial charge in [-0.05, 0) is 6.07 Å². The Morgan fingerprint density at radius 2 is 1.89 bits per heavy atom. The molecule has 2 aromatic rings. The Hall–Kier alpha value is -2.09. The van der Waals surface area contributed by atoms with Crippen LogP contribution in [0.2, 0.25) is 0 Å². The molecule has 0 spiro atoms. The van der Waals surface area contributed by atoms with E-state index in [9.17, 15) is 10.0 Å². The zero-order valence-electron chi connectivity index (χ0n) is 9.76. The summed E-state index contributed by atoms with van der Waals surface area (Å²) in [7, 11) is 0. The fraction of sp³-hybridized carbons (Fsp3) is 0. The van der Waals surface area contributed by atoms with Crippen molar-refractivity contribution in [2.45, 2.75) is 0 Å². The fourth-order valence-electron chi connectivity index (χ4n) is 1.31. The number of benzene rings is 1. The molecule has 98 valence electrons. The van der Waals surface area contributed by atoms with Crippen molar-refractivity contribution in [2.24, 2.45) is 0 Å². The first kappa shape index (κ1) is 13.3. The summed E-state index contributed by atoms with van der Waals surface area (Å²) < 4.78 is -1.52. The van der Waals surface area contributed by atoms with E-state index < -0.39 is 10.1 Å². The molecule has 1 aromatic carbocycles. The molecule has 0 radical (unpaired) electrons. The molecule has 6 nitrogen and oxygen atoms in total. The van der Waals surface area contributed by atoms with Crippen LogP contribution < -0.4 is 14.4 Å². The molecule has 0 aliphatic carbocycles. The maximum absolute atomic E-state index is 12.1. The van der Waals surface area contributed by atoms with E-state index in [0.29, 0.717) is 0 Å². The van der Waals surface area contributed by atoms with Crippen molar-refractivity contribution in [3.63, 3.8) is 0 Å². The fourth-order valence-corrected chi connectivity index (χ4v) is 1.49. The minimum absolute atomic E-state index is 0.174. The highest BCUT2D eigenvalue weighted by atomic mass is 32.1. The predicted molar refractivity (Wildman–Crippen MR) is 74.0 cm³/mol. The van der Waals surface area contributed by atoms with E-state index in [4.69, 9.17) is 4.84 Å². The normalized spacial score (nSPS) is 13.4. The summed E-state index contributed by atoms with van der Waals surface area (Å²) in [6.07, 6.45) is 1.50. The number of aromatic nitrogens is 1. The third-order valence-electron chi connectivity index (χ3n) is 2.26. The Morgan fingerprint density at radius 1 is 1.21 bits per heavy atom. The van der Waals surface area contributed by atoms with Crippen molar-refractivity contribution in [1.82, 2.24) is 14.5 Å². The van der Waals surface area contributed by atoms with E-state index in [1.165, 1.54) is 18.3 Å². The number of hydrogen-bond acceptors (Lipinski definition) is 5. The van der Waals surface area contributed by atoms with Gasteiger partial charge >= 0.3 is 6.03 Å². The summed E-state index contributed by atoms with van der Waals surface area (Å²) in [6, 6.07) is 12.0. The number of carbonyl (C=O) groups is 1. The van der Waals surface area contributed by atoms with Gasteiger partial charge in [-0.25, -0.2) is 9.78 Å². The summed E-state index contributed by atoms with van der Waals surface area (Å²) >= 11 is 3.79. The van der Waals surface area contributed by atoms with Crippen LogP contribution in [0.25, 0.3) is 0 Å². The molecule has 2 rings (SSSR count). The van der Waals surface area contributed by atoms with Gasteiger partial charge in [-0.1, -0.05) is 24.3 Å². The average Bonchev–Trinajstić information content (AvgIpc) is 2.46. The first-order valence-corrected chi connectivity index (χ1v) is 5.77. The predicted octanol–water partition coefficient (Wildman–Crippen LogP) is 2.44. The molecular weight excluding hydrogens is 266 g/mol. The molecule has 1 unspecified atom stereocenters. The lowest BCUT2D eigenvalue weighted by Crippen LogP contribution is -2.48. The van der Waals surface area contributed by atoms with Crippen LogP contribution in [-0.4, -0.2) is 11.0 Å². The van der Waals surface area contributed by atoms with Crippen LogP contribution in [0.15, 0.2) is 54.7 Å². The number of nitrogens with zero attached hydrogens (tertiary/aromatic N) is 2. The van der Waals surface area contributed by atoms with Crippen molar-refractivity contribution in [3.8, 4) is 5.88 Å². The molecule has 19 heavy (non-hydrogen) atoms. The number of rotatable bonds is 3. The summed E-state index contributed by atoms with van der Waals surface area (Å²) in [5, 5.41) is 12.1. The van der Waals surface area contributed by atoms with Gasteiger partial charge in [-0.2, -0.15) is 4.05 Å². The van der Waals surface area contributed by atoms with E-state index in [0.717, 1.165) is 0 Å². The summed E-state index contributed by atoms with van der Waals surface area (Å²) in [5.74, 6) is 0.178. The van der Waals surface area contributed by atoms with Crippen LogP contribution >= 0.6 is 12.8 Å². The highest BCUT2D eigenvalue weighted by Crippen LogP contribution is 2.24. The van der Waals surface area contributed by atoms with Crippen molar-refractivity contribution >= 4 is 24.5 Å². The van der Waals surface area contributed by atoms with Crippen LogP contribution in [0.3, 0.4) is 0 Å². The number of pyridine rings is 1. The number of hydrogen-bond donors (Lipinski definition) is 2. The van der Waals surface area contributed by atoms with Gasteiger partial charge in [-0.15, -0.1) is 5.48 Å². The Labute approximate surface area is 115 Å². The molecule has 1 N–H and O–H groups in total. The number of amides is 2. The summed E-state index contributed by atoms with van der Waals surface area (Å²) in [6.45, 7) is 0. The van der Waals surface area contributed by atoms with Gasteiger partial charge in [0.05, 0.1) is 12.8 Å². The Balaban J connectivity index is 2.03. The molecule has 7 heteroatoms. The van der Waals surface area contributed by atoms with Gasteiger partial charge in [0, 0.05) is 24.4 Å². The van der Waals surface area contributed by atoms with Crippen molar-refractivity contribution in [1.29, 1.82) is 0 Å². The van der Waals surface area contributed by atoms with Gasteiger partial charge < -0.3 is 10.0 Å². The second-order valence-corrected chi connectivity index (χ2v) is 4.15. The lowest BCUT2D eigenvalue weighted by atomic mass is 10.3. The molecule has 0 fully saturated rings. The average molecular weight is 277 g/mol. The minimum Gasteiger partial charge on any atom is -0.606 e. The van der Waals surface area contributed by atoms with E-state index in [2.05, 4.69) is 17.8 Å². The first-order chi connectivity index (χ1) is 9.10. The second-order valence-electron chi connectivity index (χ2n) is 3.59. The quantitative estimate of drug-likeness (QED) is 0.513. The molecule has 0 saturated carbocycles. The standard InChI is InChI=1S/C12H11N3O3S/c16-12(14-18-11-8-4-5-9-13-11)15(17,19)10-6-2-1-3-7-10/h1-9,19H,(H,14,16). The van der Waals surface area contributed by atoms with Crippen molar-refractivity contribution in [3.05, 3.63) is 59.9 Å². The van der Waals surface area contributed by atoms with Crippen LogP contribution in [-0.2, 0) is 0 Å². The SMILES string of the molecule is O=C(NOc1ccccn1)[N+]([O-])(S)c1ccccc1. The first-order valence-electron chi connectivity index (χ1n) is 5.37. The number of quaternary nitrogens is 1. The molecule has 0 saturated heterocycles. The van der Waals surface area contributed by atoms with E-state index in [1.54, 1.807) is 36.4 Å². The zero-order chi connectivity index (χ0) is 13.7. The molecule has 0 aliphatic heterocycles. The lowest BCUT2D eigenvalue weighted by molar-refractivity contribution is 0.167. The highest BCUT2D eigenvalue weighted by Gasteiger charge is 2.28. The number of para-hydroxylation sites is 1. The van der Waals surface area contributed by atoms with Crippen LogP contribution in [0.5, 0.6) is 5.88 Å². The number of carbonyl (C=O) groups excluding carboxylic acids is 1. The molecule has 0 bridgehead atoms. The van der Waals surface area contributed by atoms with Crippen molar-refractivity contribution < 1.29 is 9.63 Å². The number of nitrogens with one attached hydrogen (secondary N) is 1. The van der Waals surface area contributed by atoms with E-state index in [1.807, 2.05) is 5.48 Å². The van der Waals surface area contributed by atoms with Crippen LogP contribution in [0, 0.1) is 5.21 Å². The van der Waals surface area contributed by atoms with E-state index >= 15 is 0 Å². The highest BCUT2D eigenvalue weighted by molar-refractivity contribution is 7.80. The molecule has 1 heterocycles. The maximum atomic E-state index is 12.1. The smallest absolute Gasteiger partial charge is 0.466 e. The Kier molecular flexibility index (Phi) is 4.00. The third kappa shape index (κ3) is 3.22. The van der Waals surface area contributed by atoms with Crippen LogP contribution in [0.4, 0.5) is 10.5 Å². The van der Waals surface area contributed by atoms with Crippen molar-refractivity contribution in [2.75, 3.05) is 0 Å². The number of urea groups is 1. The van der Waals surface area contributed by atoms with Gasteiger partial charge in [0.15, 0.2) is 5.69 Å². The lowest BCUT2D eigenvalue weighted by Gasteiger charge is -2.30. The summed E-state index contributed by atoms with van der Waals surface area (Å²) in [5.41, 5.74) is 2.19. The van der Waals surface area contributed by atoms with Gasteiger partial charge in [-0.3, -0.25) is 0 Å². The van der Waals surface area contributed by atoms with Gasteiger partial charge in [0.1, 0.15) is 0 Å². The third-order valence-corrected chi connectivity index (χ3v) is 2.67. The largest absolute Gasteiger partial charge is 0.606 e. The molecule has 2 amide bonds. The Morgan fingerprint density at radius 3 is 2.53 bits per heavy atom. The maximum Gasteiger partial charge on any atom is 0.466 e. The molecule has 1 aromatic heterocycles.